The second-order valence-corrected chi connectivity index (χ2v) is 6.60. The van der Waals surface area contributed by atoms with Crippen molar-refractivity contribution in [1.29, 1.82) is 0 Å². The molecule has 0 aliphatic heterocycles. The number of nitrogens with one attached hydrogen (secondary N) is 1. The van der Waals surface area contributed by atoms with Gasteiger partial charge in [0, 0.05) is 7.05 Å². The first kappa shape index (κ1) is 18.1. The van der Waals surface area contributed by atoms with E-state index in [1.807, 2.05) is 40.3 Å². The van der Waals surface area contributed by atoms with E-state index in [9.17, 15) is 0 Å². The van der Waals surface area contributed by atoms with Crippen LogP contribution in [0, 0.1) is 6.92 Å². The molecule has 0 amide bonds. The Morgan fingerprint density at radius 1 is 1.23 bits per heavy atom. The second kappa shape index (κ2) is 7.66. The van der Waals surface area contributed by atoms with Crippen LogP contribution in [0.1, 0.15) is 5.82 Å². The van der Waals surface area contributed by atoms with Crippen molar-refractivity contribution >= 4 is 30.0 Å². The van der Waals surface area contributed by atoms with Crippen LogP contribution in [0.4, 0.5) is 5.82 Å². The third-order valence-electron chi connectivity index (χ3n) is 4.44. The molecule has 3 aromatic rings. The first-order valence-corrected chi connectivity index (χ1v) is 8.60. The molecule has 0 radical (unpaired) electrons. The number of anilines is 1. The minimum absolute atomic E-state index is 0.736. The normalized spacial score (nSPS) is 10.9. The van der Waals surface area contributed by atoms with Crippen LogP contribution < -0.4 is 5.32 Å². The summed E-state index contributed by atoms with van der Waals surface area (Å²) in [6.07, 6.45) is 4.62. The summed E-state index contributed by atoms with van der Waals surface area (Å²) < 4.78 is 2.10. The van der Waals surface area contributed by atoms with Crippen molar-refractivity contribution in [3.8, 4) is 11.3 Å². The first-order chi connectivity index (χ1) is 12.5. The summed E-state index contributed by atoms with van der Waals surface area (Å²) >= 11 is 0. The number of likely N-dealkylation sites (N-methyl/N-ethyl adjacent to an activating group) is 1. The Kier molecular flexibility index (Phi) is 5.33. The van der Waals surface area contributed by atoms with E-state index >= 15 is 0 Å². The molecular weight excluding hydrogens is 321 g/mol. The zero-order valence-electron chi connectivity index (χ0n) is 15.7. The van der Waals surface area contributed by atoms with Crippen LogP contribution in [0.25, 0.3) is 22.0 Å². The number of aryl methyl sites for hydroxylation is 1. The number of imidazole rings is 1. The van der Waals surface area contributed by atoms with E-state index in [0.717, 1.165) is 52.4 Å². The number of aromatic nitrogens is 3. The fourth-order valence-electron chi connectivity index (χ4n) is 2.97. The summed E-state index contributed by atoms with van der Waals surface area (Å²) in [5.74, 6) is 1.80. The maximum absolute atomic E-state index is 4.50. The molecule has 0 aliphatic carbocycles. The Hall–Kier alpha value is -2.73. The van der Waals surface area contributed by atoms with Crippen molar-refractivity contribution < 1.29 is 0 Å². The standard InChI is InChI=1S/C20H24BN5/c1-14(12-25(4)13-21-3)24-20-9-18-8-16(6-7-17(18)10-23-20)19-11-22-15(2)26(19)5/h6-11H,1,3,12-13H2,2,4-5H3,(H,23,24). The monoisotopic (exact) mass is 345 g/mol. The number of hydrogen-bond acceptors (Lipinski definition) is 4. The van der Waals surface area contributed by atoms with Gasteiger partial charge in [-0.3, -0.25) is 0 Å². The number of pyridine rings is 1. The predicted octanol–water partition coefficient (Wildman–Crippen LogP) is 2.89. The summed E-state index contributed by atoms with van der Waals surface area (Å²) in [6, 6.07) is 8.43. The predicted molar refractivity (Wildman–Crippen MR) is 112 cm³/mol. The minimum atomic E-state index is 0.736. The van der Waals surface area contributed by atoms with Gasteiger partial charge >= 0.3 is 130 Å². The van der Waals surface area contributed by atoms with E-state index < -0.39 is 0 Å². The number of hydrogen-bond donors (Lipinski definition) is 1. The maximum atomic E-state index is 4.50. The molecule has 1 N–H and O–H groups in total. The molecule has 5 nitrogen and oxygen atoms in total. The SMILES string of the molecule is C=BCN(C)CC(=C)Nc1cc2cc(-c3cnc(C)n3C)ccc2cn1. The zero-order chi connectivity index (χ0) is 18.7. The van der Waals surface area contributed by atoms with Crippen molar-refractivity contribution in [2.45, 2.75) is 6.92 Å². The van der Waals surface area contributed by atoms with Gasteiger partial charge in [0.25, 0.3) is 0 Å². The molecule has 0 saturated carbocycles. The summed E-state index contributed by atoms with van der Waals surface area (Å²) in [4.78, 5) is 11.0. The van der Waals surface area contributed by atoms with E-state index in [2.05, 4.69) is 62.1 Å². The molecule has 132 valence electrons. The molecule has 0 fully saturated rings. The fraction of sp³-hybridized carbons (Fsp3) is 0.250. The summed E-state index contributed by atoms with van der Waals surface area (Å²) in [7, 11) is 4.07. The van der Waals surface area contributed by atoms with Crippen LogP contribution in [0.3, 0.4) is 0 Å². The van der Waals surface area contributed by atoms with Crippen molar-refractivity contribution in [2.75, 3.05) is 25.4 Å². The van der Waals surface area contributed by atoms with Gasteiger partial charge in [-0.05, 0) is 6.92 Å². The molecule has 2 aromatic heterocycles. The Morgan fingerprint density at radius 2 is 2.04 bits per heavy atom. The van der Waals surface area contributed by atoms with E-state index in [-0.39, 0.29) is 0 Å². The van der Waals surface area contributed by atoms with Crippen LogP contribution in [0.15, 0.2) is 48.9 Å². The van der Waals surface area contributed by atoms with Crippen molar-refractivity contribution in [3.63, 3.8) is 0 Å². The molecule has 26 heavy (non-hydrogen) atoms. The van der Waals surface area contributed by atoms with Gasteiger partial charge in [-0.25, -0.2) is 4.98 Å². The van der Waals surface area contributed by atoms with Crippen LogP contribution in [0.5, 0.6) is 0 Å². The van der Waals surface area contributed by atoms with Crippen molar-refractivity contribution in [2.24, 2.45) is 7.05 Å². The molecule has 0 atom stereocenters. The second-order valence-electron chi connectivity index (χ2n) is 6.60. The summed E-state index contributed by atoms with van der Waals surface area (Å²) in [5, 5.41) is 5.53. The van der Waals surface area contributed by atoms with Gasteiger partial charge in [0.15, 0.2) is 0 Å². The Bertz CT molecular complexity index is 960. The van der Waals surface area contributed by atoms with Crippen molar-refractivity contribution in [3.05, 3.63) is 54.8 Å². The molecule has 0 saturated heterocycles. The molecule has 1 aromatic carbocycles. The molecule has 0 spiro atoms. The molecule has 0 bridgehead atoms. The van der Waals surface area contributed by atoms with E-state index in [1.165, 1.54) is 0 Å². The van der Waals surface area contributed by atoms with E-state index in [0.29, 0.717) is 0 Å². The molecular formula is C20H24BN5. The van der Waals surface area contributed by atoms with Gasteiger partial charge in [-0.1, -0.05) is 0 Å². The molecule has 0 aliphatic rings. The van der Waals surface area contributed by atoms with Gasteiger partial charge in [0.05, 0.1) is 0 Å². The van der Waals surface area contributed by atoms with Gasteiger partial charge < -0.3 is 0 Å². The molecule has 0 unspecified atom stereocenters. The fourth-order valence-corrected chi connectivity index (χ4v) is 2.97. The number of benzene rings is 1. The number of nitrogens with zero attached hydrogens (tertiary/aromatic N) is 4. The van der Waals surface area contributed by atoms with Crippen LogP contribution >= 0.6 is 0 Å². The average molecular weight is 345 g/mol. The Balaban J connectivity index is 1.84. The van der Waals surface area contributed by atoms with Gasteiger partial charge in [-0.2, -0.15) is 0 Å². The molecule has 2 heterocycles. The van der Waals surface area contributed by atoms with Crippen LogP contribution in [-0.4, -0.2) is 52.9 Å². The first-order valence-electron chi connectivity index (χ1n) is 8.60. The number of fused-ring (bicyclic) bond motifs is 1. The van der Waals surface area contributed by atoms with Gasteiger partial charge in [-0.15, -0.1) is 0 Å². The topological polar surface area (TPSA) is 46.0 Å². The van der Waals surface area contributed by atoms with Crippen LogP contribution in [0.2, 0.25) is 0 Å². The molecule has 6 heteroatoms. The number of rotatable bonds is 7. The summed E-state index contributed by atoms with van der Waals surface area (Å²) in [6.45, 7) is 12.5. The Morgan fingerprint density at radius 3 is 2.73 bits per heavy atom. The quantitative estimate of drug-likeness (QED) is 0.669. The van der Waals surface area contributed by atoms with Crippen molar-refractivity contribution in [1.82, 2.24) is 19.4 Å². The summed E-state index contributed by atoms with van der Waals surface area (Å²) in [5.41, 5.74) is 3.15. The molecule has 3 rings (SSSR count). The van der Waals surface area contributed by atoms with Gasteiger partial charge in [0.2, 0.25) is 0 Å². The van der Waals surface area contributed by atoms with E-state index in [1.54, 1.807) is 0 Å². The zero-order valence-corrected chi connectivity index (χ0v) is 15.7. The van der Waals surface area contributed by atoms with Crippen LogP contribution in [-0.2, 0) is 7.05 Å². The third kappa shape index (κ3) is 3.91. The third-order valence-corrected chi connectivity index (χ3v) is 4.44. The Labute approximate surface area is 155 Å². The van der Waals surface area contributed by atoms with E-state index in [4.69, 9.17) is 0 Å². The van der Waals surface area contributed by atoms with Gasteiger partial charge in [0.1, 0.15) is 5.82 Å². The average Bonchev–Trinajstić information content (AvgIpc) is 2.93.